The van der Waals surface area contributed by atoms with Gasteiger partial charge >= 0.3 is 0 Å². The Morgan fingerprint density at radius 1 is 1.29 bits per heavy atom. The highest BCUT2D eigenvalue weighted by atomic mass is 32.2. The fourth-order valence-corrected chi connectivity index (χ4v) is 3.81. The van der Waals surface area contributed by atoms with Gasteiger partial charge < -0.3 is 10.1 Å². The van der Waals surface area contributed by atoms with Crippen LogP contribution in [0.3, 0.4) is 0 Å². The van der Waals surface area contributed by atoms with Crippen molar-refractivity contribution in [2.45, 2.75) is 31.5 Å². The monoisotopic (exact) mass is 442 g/mol. The van der Waals surface area contributed by atoms with Crippen molar-refractivity contribution in [2.24, 2.45) is 0 Å². The van der Waals surface area contributed by atoms with Gasteiger partial charge in [0.1, 0.15) is 11.4 Å². The number of nitro groups is 1. The second kappa shape index (κ2) is 10.1. The number of ether oxygens (including phenoxy) is 1. The zero-order chi connectivity index (χ0) is 22.4. The van der Waals surface area contributed by atoms with Crippen LogP contribution in [0.4, 0.5) is 11.4 Å². The molecule has 162 valence electrons. The smallest absolute Gasteiger partial charge is 0.296 e. The number of methoxy groups -OCH3 is 1. The molecule has 0 saturated carbocycles. The molecule has 0 aliphatic carbocycles. The van der Waals surface area contributed by atoms with E-state index in [4.69, 9.17) is 4.74 Å². The molecule has 1 N–H and O–H groups in total. The molecule has 9 nitrogen and oxygen atoms in total. The summed E-state index contributed by atoms with van der Waals surface area (Å²) in [6.07, 6.45) is 1.71. The molecule has 3 rings (SSSR count). The number of carbonyl (C=O) groups excluding carboxylic acids is 1. The molecular weight excluding hydrogens is 420 g/mol. The summed E-state index contributed by atoms with van der Waals surface area (Å²) < 4.78 is 6.58. The number of hydrogen-bond acceptors (Lipinski definition) is 7. The van der Waals surface area contributed by atoms with E-state index >= 15 is 0 Å². The van der Waals surface area contributed by atoms with E-state index in [-0.39, 0.29) is 22.7 Å². The first kappa shape index (κ1) is 22.3. The van der Waals surface area contributed by atoms with Gasteiger partial charge in [-0.2, -0.15) is 0 Å². The van der Waals surface area contributed by atoms with Gasteiger partial charge in [-0.1, -0.05) is 37.2 Å². The fourth-order valence-electron chi connectivity index (χ4n) is 2.98. The molecule has 1 aromatic heterocycles. The minimum Gasteiger partial charge on any atom is -0.496 e. The van der Waals surface area contributed by atoms with E-state index in [2.05, 4.69) is 10.3 Å². The zero-order valence-electron chi connectivity index (χ0n) is 17.2. The average molecular weight is 442 g/mol. The van der Waals surface area contributed by atoms with Crippen molar-refractivity contribution >= 4 is 39.9 Å². The molecule has 0 unspecified atom stereocenters. The lowest BCUT2D eigenvalue weighted by atomic mass is 10.2. The normalized spacial score (nSPS) is 10.8. The molecule has 0 aliphatic heterocycles. The largest absolute Gasteiger partial charge is 0.496 e. The Morgan fingerprint density at radius 3 is 2.77 bits per heavy atom. The topological polar surface area (TPSA) is 116 Å². The molecule has 31 heavy (non-hydrogen) atoms. The van der Waals surface area contributed by atoms with Gasteiger partial charge in [0.25, 0.3) is 11.2 Å². The summed E-state index contributed by atoms with van der Waals surface area (Å²) in [6, 6.07) is 11.3. The molecule has 3 aromatic rings. The van der Waals surface area contributed by atoms with E-state index in [1.165, 1.54) is 25.3 Å². The van der Waals surface area contributed by atoms with E-state index in [0.717, 1.165) is 24.6 Å². The Hall–Kier alpha value is -3.40. The highest BCUT2D eigenvalue weighted by molar-refractivity contribution is 7.99. The summed E-state index contributed by atoms with van der Waals surface area (Å²) in [7, 11) is 1.41. The van der Waals surface area contributed by atoms with Gasteiger partial charge in [-0.3, -0.25) is 24.3 Å². The maximum Gasteiger partial charge on any atom is 0.296 e. The number of benzene rings is 2. The van der Waals surface area contributed by atoms with Crippen molar-refractivity contribution in [3.8, 4) is 5.75 Å². The Bertz CT molecular complexity index is 1180. The first-order valence-corrected chi connectivity index (χ1v) is 10.7. The molecule has 2 aromatic carbocycles. The highest BCUT2D eigenvalue weighted by Crippen LogP contribution is 2.29. The van der Waals surface area contributed by atoms with E-state index < -0.39 is 10.8 Å². The molecule has 10 heteroatoms. The first-order chi connectivity index (χ1) is 14.9. The molecular formula is C21H22N4O5S. The molecule has 0 bridgehead atoms. The van der Waals surface area contributed by atoms with E-state index in [1.807, 2.05) is 6.92 Å². The Balaban J connectivity index is 1.81. The van der Waals surface area contributed by atoms with Crippen LogP contribution in [0.2, 0.25) is 0 Å². The highest BCUT2D eigenvalue weighted by Gasteiger charge is 2.18. The number of aromatic nitrogens is 2. The van der Waals surface area contributed by atoms with Gasteiger partial charge in [-0.05, 0) is 30.7 Å². The third-order valence-corrected chi connectivity index (χ3v) is 5.55. The number of rotatable bonds is 9. The third kappa shape index (κ3) is 5.21. The summed E-state index contributed by atoms with van der Waals surface area (Å²) in [4.78, 5) is 40.7. The van der Waals surface area contributed by atoms with Crippen LogP contribution in [0.1, 0.15) is 19.8 Å². The van der Waals surface area contributed by atoms with E-state index in [9.17, 15) is 19.7 Å². The molecule has 1 amide bonds. The Morgan fingerprint density at radius 2 is 2.06 bits per heavy atom. The van der Waals surface area contributed by atoms with Crippen LogP contribution in [0, 0.1) is 10.1 Å². The minimum atomic E-state index is -0.585. The van der Waals surface area contributed by atoms with Crippen LogP contribution >= 0.6 is 11.8 Å². The number of carbonyl (C=O) groups is 1. The molecule has 0 aliphatic rings. The second-order valence-electron chi connectivity index (χ2n) is 6.70. The maximum absolute atomic E-state index is 12.9. The molecule has 0 saturated heterocycles. The molecule has 0 radical (unpaired) electrons. The van der Waals surface area contributed by atoms with Crippen LogP contribution < -0.4 is 15.6 Å². The summed E-state index contributed by atoms with van der Waals surface area (Å²) in [5.41, 5.74) is 0.231. The van der Waals surface area contributed by atoms with E-state index in [1.54, 1.807) is 28.8 Å². The average Bonchev–Trinajstić information content (AvgIpc) is 2.77. The van der Waals surface area contributed by atoms with Crippen LogP contribution in [0.25, 0.3) is 10.9 Å². The number of nitro benzene ring substituents is 1. The summed E-state index contributed by atoms with van der Waals surface area (Å²) >= 11 is 1.12. The number of thioether (sulfide) groups is 1. The number of amides is 1. The van der Waals surface area contributed by atoms with Crippen LogP contribution in [-0.4, -0.2) is 33.2 Å². The molecule has 0 spiro atoms. The Kier molecular flexibility index (Phi) is 7.24. The van der Waals surface area contributed by atoms with Gasteiger partial charge in [-0.15, -0.1) is 0 Å². The van der Waals surface area contributed by atoms with Gasteiger partial charge in [-0.25, -0.2) is 4.98 Å². The SMILES string of the molecule is CCCCn1c(SCC(=O)Nc2ccc(OC)cc2[N+](=O)[O-])nc2ccccc2c1=O. The summed E-state index contributed by atoms with van der Waals surface area (Å²) in [6.45, 7) is 2.53. The van der Waals surface area contributed by atoms with Crippen LogP contribution in [0.5, 0.6) is 5.75 Å². The van der Waals surface area contributed by atoms with Crippen molar-refractivity contribution in [2.75, 3.05) is 18.2 Å². The molecule has 0 atom stereocenters. The number of anilines is 1. The van der Waals surface area contributed by atoms with Gasteiger partial charge in [0.2, 0.25) is 5.91 Å². The Labute approximate surface area is 182 Å². The lowest BCUT2D eigenvalue weighted by Gasteiger charge is -2.13. The van der Waals surface area contributed by atoms with Crippen molar-refractivity contribution < 1.29 is 14.5 Å². The number of fused-ring (bicyclic) bond motifs is 1. The van der Waals surface area contributed by atoms with Crippen molar-refractivity contribution in [3.63, 3.8) is 0 Å². The van der Waals surface area contributed by atoms with E-state index in [0.29, 0.717) is 28.4 Å². The summed E-state index contributed by atoms with van der Waals surface area (Å²) in [5.74, 6) is -0.179. The fraction of sp³-hybridized carbons (Fsp3) is 0.286. The maximum atomic E-state index is 12.9. The number of nitrogens with zero attached hydrogens (tertiary/aromatic N) is 3. The molecule has 1 heterocycles. The quantitative estimate of drug-likeness (QED) is 0.232. The van der Waals surface area contributed by atoms with Gasteiger partial charge in [0.15, 0.2) is 5.16 Å². The second-order valence-corrected chi connectivity index (χ2v) is 7.64. The predicted molar refractivity (Wildman–Crippen MR) is 120 cm³/mol. The third-order valence-electron chi connectivity index (χ3n) is 4.57. The lowest BCUT2D eigenvalue weighted by molar-refractivity contribution is -0.384. The minimum absolute atomic E-state index is 0.0555. The zero-order valence-corrected chi connectivity index (χ0v) is 18.0. The predicted octanol–water partition coefficient (Wildman–Crippen LogP) is 3.84. The summed E-state index contributed by atoms with van der Waals surface area (Å²) in [5, 5.41) is 14.8. The standard InChI is InChI=1S/C21H22N4O5S/c1-3-4-11-24-20(27)15-7-5-6-8-16(15)23-21(24)31-13-19(26)22-17-10-9-14(30-2)12-18(17)25(28)29/h5-10,12H,3-4,11,13H2,1-2H3,(H,22,26). The first-order valence-electron chi connectivity index (χ1n) is 9.69. The van der Waals surface area contributed by atoms with Crippen molar-refractivity contribution in [3.05, 3.63) is 62.9 Å². The van der Waals surface area contributed by atoms with Crippen LogP contribution in [0.15, 0.2) is 52.4 Å². The number of para-hydroxylation sites is 1. The van der Waals surface area contributed by atoms with Gasteiger partial charge in [0, 0.05) is 6.54 Å². The molecule has 0 fully saturated rings. The lowest BCUT2D eigenvalue weighted by Crippen LogP contribution is -2.24. The van der Waals surface area contributed by atoms with Crippen molar-refractivity contribution in [1.82, 2.24) is 9.55 Å². The number of unbranched alkanes of at least 4 members (excludes halogenated alkanes) is 1. The van der Waals surface area contributed by atoms with Crippen molar-refractivity contribution in [1.29, 1.82) is 0 Å². The number of nitrogens with one attached hydrogen (secondary N) is 1. The van der Waals surface area contributed by atoms with Gasteiger partial charge in [0.05, 0.1) is 34.8 Å². The number of hydrogen-bond donors (Lipinski definition) is 1. The van der Waals surface area contributed by atoms with Crippen LogP contribution in [-0.2, 0) is 11.3 Å².